The first-order chi connectivity index (χ1) is 9.45. The van der Waals surface area contributed by atoms with Gasteiger partial charge in [0.1, 0.15) is 5.75 Å². The molecule has 0 amide bonds. The molecule has 0 saturated carbocycles. The number of nitrogens with one attached hydrogen (secondary N) is 1. The summed E-state index contributed by atoms with van der Waals surface area (Å²) in [5, 5.41) is 3.40. The molecule has 0 saturated heterocycles. The van der Waals surface area contributed by atoms with Crippen molar-refractivity contribution in [2.45, 2.75) is 39.5 Å². The lowest BCUT2D eigenvalue weighted by molar-refractivity contribution is -0.0507. The molecule has 1 aromatic carbocycles. The van der Waals surface area contributed by atoms with Gasteiger partial charge in [0.2, 0.25) is 0 Å². The summed E-state index contributed by atoms with van der Waals surface area (Å²) in [7, 11) is 1.65. The van der Waals surface area contributed by atoms with Crippen LogP contribution in [0.4, 0.5) is 8.78 Å². The van der Waals surface area contributed by atoms with Crippen LogP contribution in [-0.2, 0) is 4.74 Å². The second kappa shape index (κ2) is 8.17. The highest BCUT2D eigenvalue weighted by Gasteiger charge is 2.19. The molecule has 2 atom stereocenters. The highest BCUT2D eigenvalue weighted by Crippen LogP contribution is 2.27. The minimum absolute atomic E-state index is 0.104. The quantitative estimate of drug-likeness (QED) is 0.792. The van der Waals surface area contributed by atoms with Crippen molar-refractivity contribution in [3.63, 3.8) is 0 Å². The summed E-state index contributed by atoms with van der Waals surface area (Å²) in [5.41, 5.74) is 0.717. The topological polar surface area (TPSA) is 30.5 Å². The Bertz CT molecular complexity index is 399. The van der Waals surface area contributed by atoms with Crippen LogP contribution in [0.2, 0.25) is 0 Å². The summed E-state index contributed by atoms with van der Waals surface area (Å²) in [6, 6.07) is 6.89. The lowest BCUT2D eigenvalue weighted by Crippen LogP contribution is -2.39. The molecule has 0 aliphatic rings. The normalized spacial score (nSPS) is 14.6. The minimum atomic E-state index is -2.82. The fourth-order valence-corrected chi connectivity index (χ4v) is 2.07. The van der Waals surface area contributed by atoms with Gasteiger partial charge >= 0.3 is 6.61 Å². The van der Waals surface area contributed by atoms with Crippen molar-refractivity contribution in [3.05, 3.63) is 29.8 Å². The number of alkyl halides is 2. The van der Waals surface area contributed by atoms with E-state index in [0.717, 1.165) is 5.56 Å². The third-order valence-electron chi connectivity index (χ3n) is 3.22. The van der Waals surface area contributed by atoms with Gasteiger partial charge in [0, 0.05) is 24.8 Å². The number of hydrogen-bond acceptors (Lipinski definition) is 3. The van der Waals surface area contributed by atoms with E-state index in [-0.39, 0.29) is 17.8 Å². The Labute approximate surface area is 119 Å². The van der Waals surface area contributed by atoms with Crippen LogP contribution in [0, 0.1) is 5.92 Å². The van der Waals surface area contributed by atoms with Crippen molar-refractivity contribution in [2.75, 3.05) is 13.7 Å². The van der Waals surface area contributed by atoms with E-state index in [0.29, 0.717) is 12.5 Å². The first-order valence-electron chi connectivity index (χ1n) is 6.74. The van der Waals surface area contributed by atoms with E-state index in [1.54, 1.807) is 25.3 Å². The highest BCUT2D eigenvalue weighted by atomic mass is 19.3. The molecule has 1 aromatic rings. The van der Waals surface area contributed by atoms with Gasteiger partial charge in [0.25, 0.3) is 0 Å². The fourth-order valence-electron chi connectivity index (χ4n) is 2.07. The second-order valence-corrected chi connectivity index (χ2v) is 5.11. The lowest BCUT2D eigenvalue weighted by atomic mass is 10.0. The van der Waals surface area contributed by atoms with Crippen LogP contribution < -0.4 is 10.1 Å². The molecule has 0 aromatic heterocycles. The molecule has 0 radical (unpaired) electrons. The Hall–Kier alpha value is -1.20. The third-order valence-corrected chi connectivity index (χ3v) is 3.22. The van der Waals surface area contributed by atoms with Crippen molar-refractivity contribution < 1.29 is 18.3 Å². The molecule has 0 aliphatic heterocycles. The van der Waals surface area contributed by atoms with Crippen LogP contribution in [0.3, 0.4) is 0 Å². The van der Waals surface area contributed by atoms with E-state index < -0.39 is 6.61 Å². The zero-order valence-electron chi connectivity index (χ0n) is 12.4. The fraction of sp³-hybridized carbons (Fsp3) is 0.600. The third kappa shape index (κ3) is 5.06. The summed E-state index contributed by atoms with van der Waals surface area (Å²) in [6.07, 6.45) is 0. The van der Waals surface area contributed by atoms with Crippen molar-refractivity contribution in [1.29, 1.82) is 0 Å². The second-order valence-electron chi connectivity index (χ2n) is 5.11. The Kier molecular flexibility index (Phi) is 6.88. The number of para-hydroxylation sites is 1. The first-order valence-corrected chi connectivity index (χ1v) is 6.74. The van der Waals surface area contributed by atoms with E-state index in [2.05, 4.69) is 23.9 Å². The van der Waals surface area contributed by atoms with Gasteiger partial charge in [-0.3, -0.25) is 0 Å². The molecule has 0 fully saturated rings. The van der Waals surface area contributed by atoms with Gasteiger partial charge in [-0.2, -0.15) is 8.78 Å². The Morgan fingerprint density at radius 2 is 1.80 bits per heavy atom. The van der Waals surface area contributed by atoms with Gasteiger partial charge in [0.05, 0.1) is 6.61 Å². The average Bonchev–Trinajstić information content (AvgIpc) is 2.37. The molecule has 0 bridgehead atoms. The highest BCUT2D eigenvalue weighted by molar-refractivity contribution is 5.35. The molecule has 0 spiro atoms. The summed E-state index contributed by atoms with van der Waals surface area (Å²) in [4.78, 5) is 0. The number of hydrogen-bond donors (Lipinski definition) is 1. The van der Waals surface area contributed by atoms with Crippen LogP contribution in [0.5, 0.6) is 5.75 Å². The molecule has 0 heterocycles. The molecule has 5 heteroatoms. The van der Waals surface area contributed by atoms with Crippen molar-refractivity contribution in [1.82, 2.24) is 5.32 Å². The number of ether oxygens (including phenoxy) is 2. The lowest BCUT2D eigenvalue weighted by Gasteiger charge is -2.27. The molecule has 1 N–H and O–H groups in total. The van der Waals surface area contributed by atoms with Gasteiger partial charge in [0.15, 0.2) is 0 Å². The average molecular weight is 287 g/mol. The van der Waals surface area contributed by atoms with Crippen LogP contribution >= 0.6 is 0 Å². The predicted molar refractivity (Wildman–Crippen MR) is 75.1 cm³/mol. The van der Waals surface area contributed by atoms with Gasteiger partial charge in [-0.05, 0) is 18.9 Å². The maximum Gasteiger partial charge on any atom is 0.387 e. The van der Waals surface area contributed by atoms with Crippen LogP contribution in [0.1, 0.15) is 32.4 Å². The van der Waals surface area contributed by atoms with E-state index in [1.807, 2.05) is 13.0 Å². The summed E-state index contributed by atoms with van der Waals surface area (Å²) in [5.74, 6) is 0.586. The van der Waals surface area contributed by atoms with Crippen LogP contribution in [0.15, 0.2) is 24.3 Å². The van der Waals surface area contributed by atoms with Gasteiger partial charge < -0.3 is 14.8 Å². The van der Waals surface area contributed by atoms with Crippen LogP contribution in [0.25, 0.3) is 0 Å². The Balaban J connectivity index is 2.82. The van der Waals surface area contributed by atoms with Crippen molar-refractivity contribution in [3.8, 4) is 5.75 Å². The smallest absolute Gasteiger partial charge is 0.387 e. The summed E-state index contributed by atoms with van der Waals surface area (Å²) in [6.45, 7) is 3.86. The molecular weight excluding hydrogens is 264 g/mol. The van der Waals surface area contributed by atoms with E-state index in [9.17, 15) is 8.78 Å². The molecule has 20 heavy (non-hydrogen) atoms. The SMILES string of the molecule is COCC(NC(C)c1ccccc1OC(F)F)C(C)C. The number of benzene rings is 1. The predicted octanol–water partition coefficient (Wildman–Crippen LogP) is 3.61. The van der Waals surface area contributed by atoms with E-state index in [4.69, 9.17) is 4.74 Å². The summed E-state index contributed by atoms with van der Waals surface area (Å²) < 4.78 is 34.6. The number of methoxy groups -OCH3 is 1. The molecule has 2 unspecified atom stereocenters. The molecule has 114 valence electrons. The first kappa shape index (κ1) is 16.9. The zero-order valence-corrected chi connectivity index (χ0v) is 12.4. The minimum Gasteiger partial charge on any atom is -0.434 e. The van der Waals surface area contributed by atoms with Crippen molar-refractivity contribution >= 4 is 0 Å². The van der Waals surface area contributed by atoms with Crippen LogP contribution in [-0.4, -0.2) is 26.4 Å². The largest absolute Gasteiger partial charge is 0.434 e. The maximum atomic E-state index is 12.4. The molecule has 0 aliphatic carbocycles. The molecular formula is C15H23F2NO2. The molecule has 3 nitrogen and oxygen atoms in total. The van der Waals surface area contributed by atoms with Gasteiger partial charge in [-0.15, -0.1) is 0 Å². The van der Waals surface area contributed by atoms with E-state index >= 15 is 0 Å². The number of halogens is 2. The maximum absolute atomic E-state index is 12.4. The Morgan fingerprint density at radius 1 is 1.15 bits per heavy atom. The van der Waals surface area contributed by atoms with E-state index in [1.165, 1.54) is 0 Å². The Morgan fingerprint density at radius 3 is 2.35 bits per heavy atom. The van der Waals surface area contributed by atoms with Gasteiger partial charge in [-0.25, -0.2) is 0 Å². The van der Waals surface area contributed by atoms with Gasteiger partial charge in [-0.1, -0.05) is 32.0 Å². The number of rotatable bonds is 8. The zero-order chi connectivity index (χ0) is 15.1. The summed E-state index contributed by atoms with van der Waals surface area (Å²) >= 11 is 0. The standard InChI is InChI=1S/C15H23F2NO2/c1-10(2)13(9-19-4)18-11(3)12-7-5-6-8-14(12)20-15(16)17/h5-8,10-11,13,15,18H,9H2,1-4H3. The van der Waals surface area contributed by atoms with Crippen molar-refractivity contribution in [2.24, 2.45) is 5.92 Å². The monoisotopic (exact) mass is 287 g/mol. The molecule has 1 rings (SSSR count).